The summed E-state index contributed by atoms with van der Waals surface area (Å²) in [6.45, 7) is 0. The van der Waals surface area contributed by atoms with Crippen molar-refractivity contribution in [2.24, 2.45) is 0 Å². The second-order valence-electron chi connectivity index (χ2n) is 3.91. The largest absolute Gasteiger partial charge is 0.618 e. The maximum absolute atomic E-state index is 12.2. The Kier molecular flexibility index (Phi) is 3.57. The summed E-state index contributed by atoms with van der Waals surface area (Å²) < 4.78 is 0.722. The number of anilines is 1. The van der Waals surface area contributed by atoms with E-state index in [2.05, 4.69) is 5.32 Å². The van der Waals surface area contributed by atoms with Gasteiger partial charge in [0.1, 0.15) is 0 Å². The van der Waals surface area contributed by atoms with Crippen LogP contribution in [0.4, 0.5) is 5.69 Å². The molecule has 0 unspecified atom stereocenters. The zero-order valence-electron chi connectivity index (χ0n) is 10.1. The van der Waals surface area contributed by atoms with Gasteiger partial charge in [0.2, 0.25) is 5.69 Å². The van der Waals surface area contributed by atoms with E-state index in [0.717, 1.165) is 10.4 Å². The van der Waals surface area contributed by atoms with Crippen molar-refractivity contribution >= 4 is 11.5 Å². The van der Waals surface area contributed by atoms with Crippen molar-refractivity contribution < 1.29 is 9.52 Å². The summed E-state index contributed by atoms with van der Waals surface area (Å²) in [5.41, 5.74) is 1.83. The van der Waals surface area contributed by atoms with Gasteiger partial charge in [-0.2, -0.15) is 4.73 Å². The minimum atomic E-state index is -0.0734. The highest BCUT2D eigenvalue weighted by Crippen LogP contribution is 2.16. The van der Waals surface area contributed by atoms with Gasteiger partial charge in [-0.1, -0.05) is 12.1 Å². The van der Waals surface area contributed by atoms with Crippen molar-refractivity contribution in [3.05, 3.63) is 65.1 Å². The number of rotatable bonds is 4. The van der Waals surface area contributed by atoms with Gasteiger partial charge in [0, 0.05) is 30.4 Å². The monoisotopic (exact) mass is 242 g/mol. The Morgan fingerprint density at radius 2 is 1.94 bits per heavy atom. The topological polar surface area (TPSA) is 56.0 Å². The van der Waals surface area contributed by atoms with Crippen LogP contribution < -0.4 is 10.0 Å². The molecular weight excluding hydrogens is 228 g/mol. The molecule has 1 aromatic heterocycles. The van der Waals surface area contributed by atoms with E-state index >= 15 is 0 Å². The Balaban J connectivity index is 2.25. The second kappa shape index (κ2) is 5.31. The lowest BCUT2D eigenvalue weighted by Gasteiger charge is -2.07. The highest BCUT2D eigenvalue weighted by Gasteiger charge is 2.15. The van der Waals surface area contributed by atoms with Crippen molar-refractivity contribution in [2.45, 2.75) is 6.42 Å². The standard InChI is InChI=1S/C14H14N2O2/c1-15-13-8-3-2-7-12(13)14(17)10-11-6-4-5-9-16(11)18/h2-9,15H,10H2,1H3. The van der Waals surface area contributed by atoms with Gasteiger partial charge in [-0.05, 0) is 18.2 Å². The van der Waals surface area contributed by atoms with Gasteiger partial charge in [-0.15, -0.1) is 0 Å². The van der Waals surface area contributed by atoms with Gasteiger partial charge >= 0.3 is 0 Å². The molecule has 0 saturated heterocycles. The fraction of sp³-hybridized carbons (Fsp3) is 0.143. The number of hydrogen-bond acceptors (Lipinski definition) is 3. The molecule has 0 radical (unpaired) electrons. The molecule has 0 bridgehead atoms. The van der Waals surface area contributed by atoms with E-state index in [4.69, 9.17) is 0 Å². The van der Waals surface area contributed by atoms with Crippen molar-refractivity contribution in [1.82, 2.24) is 0 Å². The molecular formula is C14H14N2O2. The van der Waals surface area contributed by atoms with Crippen LogP contribution in [0.1, 0.15) is 16.1 Å². The Hall–Kier alpha value is -2.36. The van der Waals surface area contributed by atoms with Crippen LogP contribution in [0.15, 0.2) is 48.7 Å². The predicted octanol–water partition coefficient (Wildman–Crippen LogP) is 1.79. The zero-order chi connectivity index (χ0) is 13.0. The number of carbonyl (C=O) groups excluding carboxylic acids is 1. The lowest BCUT2D eigenvalue weighted by atomic mass is 10.0. The quantitative estimate of drug-likeness (QED) is 0.505. The predicted molar refractivity (Wildman–Crippen MR) is 69.4 cm³/mol. The molecule has 0 fully saturated rings. The first-order valence-corrected chi connectivity index (χ1v) is 5.69. The van der Waals surface area contributed by atoms with Gasteiger partial charge in [0.15, 0.2) is 12.0 Å². The summed E-state index contributed by atoms with van der Waals surface area (Å²) in [5, 5.41) is 14.5. The summed E-state index contributed by atoms with van der Waals surface area (Å²) in [5.74, 6) is -0.0734. The molecule has 92 valence electrons. The van der Waals surface area contributed by atoms with Crippen LogP contribution in [0, 0.1) is 5.21 Å². The number of para-hydroxylation sites is 1. The van der Waals surface area contributed by atoms with Crippen LogP contribution in [0.25, 0.3) is 0 Å². The maximum Gasteiger partial charge on any atom is 0.200 e. The third-order valence-electron chi connectivity index (χ3n) is 2.74. The molecule has 0 aliphatic heterocycles. The number of pyridine rings is 1. The van der Waals surface area contributed by atoms with Crippen LogP contribution in [0.5, 0.6) is 0 Å². The fourth-order valence-electron chi connectivity index (χ4n) is 1.80. The summed E-state index contributed by atoms with van der Waals surface area (Å²) in [6, 6.07) is 12.3. The lowest BCUT2D eigenvalue weighted by Crippen LogP contribution is -2.32. The number of Topliss-reactive ketones (excluding diaryl/α,β-unsaturated/α-hetero) is 1. The molecule has 1 heterocycles. The molecule has 1 aromatic carbocycles. The lowest BCUT2D eigenvalue weighted by molar-refractivity contribution is -0.613. The van der Waals surface area contributed by atoms with Gasteiger partial charge < -0.3 is 10.5 Å². The van der Waals surface area contributed by atoms with E-state index in [1.165, 1.54) is 6.20 Å². The molecule has 0 saturated carbocycles. The third-order valence-corrected chi connectivity index (χ3v) is 2.74. The average Bonchev–Trinajstić information content (AvgIpc) is 2.41. The highest BCUT2D eigenvalue weighted by atomic mass is 16.5. The van der Waals surface area contributed by atoms with Crippen molar-refractivity contribution in [1.29, 1.82) is 0 Å². The molecule has 2 aromatic rings. The molecule has 18 heavy (non-hydrogen) atoms. The Labute approximate surface area is 105 Å². The highest BCUT2D eigenvalue weighted by molar-refractivity contribution is 6.02. The molecule has 0 aliphatic rings. The van der Waals surface area contributed by atoms with E-state index in [0.29, 0.717) is 11.3 Å². The Morgan fingerprint density at radius 3 is 2.67 bits per heavy atom. The number of benzene rings is 1. The first-order chi connectivity index (χ1) is 8.72. The minimum absolute atomic E-state index is 0.0734. The third kappa shape index (κ3) is 2.48. The number of aromatic nitrogens is 1. The summed E-state index contributed by atoms with van der Waals surface area (Å²) in [4.78, 5) is 12.2. The number of ketones is 1. The molecule has 0 amide bonds. The normalized spacial score (nSPS) is 10.1. The van der Waals surface area contributed by atoms with Gasteiger partial charge in [0.25, 0.3) is 0 Å². The SMILES string of the molecule is CNc1ccccc1C(=O)Cc1cccc[n+]1[O-]. The van der Waals surface area contributed by atoms with E-state index in [-0.39, 0.29) is 12.2 Å². The number of nitrogens with one attached hydrogen (secondary N) is 1. The number of nitrogens with zero attached hydrogens (tertiary/aromatic N) is 1. The Morgan fingerprint density at radius 1 is 1.22 bits per heavy atom. The number of carbonyl (C=O) groups is 1. The molecule has 0 spiro atoms. The average molecular weight is 242 g/mol. The Bertz CT molecular complexity index is 567. The first kappa shape index (κ1) is 12.1. The molecule has 1 N–H and O–H groups in total. The van der Waals surface area contributed by atoms with E-state index < -0.39 is 0 Å². The summed E-state index contributed by atoms with van der Waals surface area (Å²) in [7, 11) is 1.77. The maximum atomic E-state index is 12.2. The minimum Gasteiger partial charge on any atom is -0.618 e. The van der Waals surface area contributed by atoms with Gasteiger partial charge in [-0.3, -0.25) is 4.79 Å². The smallest absolute Gasteiger partial charge is 0.200 e. The van der Waals surface area contributed by atoms with Crippen LogP contribution >= 0.6 is 0 Å². The number of hydrogen-bond donors (Lipinski definition) is 1. The van der Waals surface area contributed by atoms with Crippen LogP contribution in [-0.2, 0) is 6.42 Å². The summed E-state index contributed by atoms with van der Waals surface area (Å²) in [6.07, 6.45) is 1.50. The molecule has 4 nitrogen and oxygen atoms in total. The van der Waals surface area contributed by atoms with Crippen LogP contribution in [0.2, 0.25) is 0 Å². The van der Waals surface area contributed by atoms with E-state index in [1.54, 1.807) is 31.3 Å². The first-order valence-electron chi connectivity index (χ1n) is 5.69. The van der Waals surface area contributed by atoms with Gasteiger partial charge in [-0.25, -0.2) is 0 Å². The molecule has 0 aliphatic carbocycles. The second-order valence-corrected chi connectivity index (χ2v) is 3.91. The van der Waals surface area contributed by atoms with Crippen molar-refractivity contribution in [3.8, 4) is 0 Å². The molecule has 4 heteroatoms. The van der Waals surface area contributed by atoms with Crippen LogP contribution in [-0.4, -0.2) is 12.8 Å². The fourth-order valence-corrected chi connectivity index (χ4v) is 1.80. The van der Waals surface area contributed by atoms with Crippen molar-refractivity contribution in [3.63, 3.8) is 0 Å². The molecule has 2 rings (SSSR count). The van der Waals surface area contributed by atoms with Crippen molar-refractivity contribution in [2.75, 3.05) is 12.4 Å². The van der Waals surface area contributed by atoms with Gasteiger partial charge in [0.05, 0.1) is 6.42 Å². The van der Waals surface area contributed by atoms with Crippen LogP contribution in [0.3, 0.4) is 0 Å². The van der Waals surface area contributed by atoms with E-state index in [1.807, 2.05) is 18.2 Å². The van der Waals surface area contributed by atoms with E-state index in [9.17, 15) is 10.0 Å². The summed E-state index contributed by atoms with van der Waals surface area (Å²) >= 11 is 0. The molecule has 0 atom stereocenters. The zero-order valence-corrected chi connectivity index (χ0v) is 10.1.